The number of benzene rings is 10. The van der Waals surface area contributed by atoms with E-state index >= 15 is 0 Å². The molecule has 0 aliphatic heterocycles. The Bertz CT molecular complexity index is 4470. The van der Waals surface area contributed by atoms with E-state index in [9.17, 15) is 0 Å². The predicted molar refractivity (Wildman–Crippen MR) is 271 cm³/mol. The van der Waals surface area contributed by atoms with Crippen LogP contribution in [0.25, 0.3) is 95.3 Å². The Labute approximate surface area is 373 Å². The zero-order valence-corrected chi connectivity index (χ0v) is 36.0. The van der Waals surface area contributed by atoms with Crippen LogP contribution in [0.5, 0.6) is 0 Å². The first-order valence-corrected chi connectivity index (χ1v) is 23.6. The fraction of sp³-hybridized carbons (Fsp3) is 0. The molecule has 0 radical (unpaired) electrons. The number of thiophene rings is 2. The van der Waals surface area contributed by atoms with E-state index in [1.54, 1.807) is 0 Å². The van der Waals surface area contributed by atoms with Crippen LogP contribution in [0.15, 0.2) is 206 Å². The molecule has 0 saturated carbocycles. The first kappa shape index (κ1) is 34.8. The maximum atomic E-state index is 2.54. The van der Waals surface area contributed by atoms with Crippen molar-refractivity contribution >= 4 is 107 Å². The minimum atomic E-state index is 1.16. The summed E-state index contributed by atoms with van der Waals surface area (Å²) in [6.45, 7) is 0. The van der Waals surface area contributed by atoms with E-state index in [1.165, 1.54) is 126 Å². The number of aromatic nitrogens is 2. The molecule has 0 N–H and O–H groups in total. The van der Waals surface area contributed by atoms with Gasteiger partial charge in [0, 0.05) is 83.7 Å². The molecule has 0 atom stereocenters. The summed E-state index contributed by atoms with van der Waals surface area (Å²) >= 11 is 3.81. The van der Waals surface area contributed by atoms with Crippen LogP contribution in [0.1, 0.15) is 0 Å². The van der Waals surface area contributed by atoms with Gasteiger partial charge in [0.25, 0.3) is 0 Å². The predicted octanol–water partition coefficient (Wildman–Crippen LogP) is 16.1. The van der Waals surface area contributed by atoms with Crippen molar-refractivity contribution in [1.29, 1.82) is 0 Å². The third-order valence-corrected chi connectivity index (χ3v) is 16.1. The van der Waals surface area contributed by atoms with Gasteiger partial charge in [0.05, 0.1) is 22.1 Å². The lowest BCUT2D eigenvalue weighted by molar-refractivity contribution is 1.18. The Kier molecular flexibility index (Phi) is 7.01. The molecule has 4 heterocycles. The smallest absolute Gasteiger partial charge is 0.0547 e. The number of rotatable bonds is 2. The van der Waals surface area contributed by atoms with Gasteiger partial charge in [0.15, 0.2) is 0 Å². The normalized spacial score (nSPS) is 12.4. The van der Waals surface area contributed by atoms with Gasteiger partial charge in [0.1, 0.15) is 0 Å². The Morgan fingerprint density at radius 2 is 0.641 bits per heavy atom. The number of fused-ring (bicyclic) bond motifs is 18. The molecule has 14 aromatic rings. The average Bonchev–Trinajstić information content (AvgIpc) is 4.10. The topological polar surface area (TPSA) is 9.86 Å². The van der Waals surface area contributed by atoms with E-state index in [4.69, 9.17) is 0 Å². The zero-order chi connectivity index (χ0) is 41.6. The second kappa shape index (κ2) is 12.9. The molecule has 10 aromatic carbocycles. The summed E-state index contributed by atoms with van der Waals surface area (Å²) in [7, 11) is 0. The molecular formula is C60H34N2S2. The maximum absolute atomic E-state index is 2.54. The van der Waals surface area contributed by atoms with Crippen molar-refractivity contribution in [2.24, 2.45) is 0 Å². The molecule has 4 aromatic heterocycles. The van der Waals surface area contributed by atoms with Gasteiger partial charge in [-0.15, -0.1) is 22.7 Å². The lowest BCUT2D eigenvalue weighted by atomic mass is 9.96. The van der Waals surface area contributed by atoms with Crippen LogP contribution >= 0.6 is 22.7 Å². The Hall–Kier alpha value is -7.76. The van der Waals surface area contributed by atoms with Crippen LogP contribution in [0.2, 0.25) is 0 Å². The quantitative estimate of drug-likeness (QED) is 0.164. The van der Waals surface area contributed by atoms with Gasteiger partial charge in [-0.1, -0.05) is 121 Å². The van der Waals surface area contributed by atoms with Gasteiger partial charge < -0.3 is 9.13 Å². The molecule has 0 spiro atoms. The average molecular weight is 847 g/mol. The van der Waals surface area contributed by atoms with Crippen molar-refractivity contribution in [2.75, 3.05) is 0 Å². The van der Waals surface area contributed by atoms with Crippen LogP contribution in [0.4, 0.5) is 0 Å². The van der Waals surface area contributed by atoms with Gasteiger partial charge in [0.2, 0.25) is 0 Å². The van der Waals surface area contributed by atoms with Crippen molar-refractivity contribution in [2.45, 2.75) is 0 Å². The Balaban J connectivity index is 1.35. The summed E-state index contributed by atoms with van der Waals surface area (Å²) in [5.41, 5.74) is 7.14. The third-order valence-electron chi connectivity index (χ3n) is 13.9. The minimum Gasteiger partial charge on any atom is -0.309 e. The van der Waals surface area contributed by atoms with Crippen LogP contribution in [-0.4, -0.2) is 9.13 Å². The van der Waals surface area contributed by atoms with E-state index in [1.807, 2.05) is 22.7 Å². The molecule has 1 aliphatic rings. The molecule has 1 aliphatic carbocycles. The van der Waals surface area contributed by atoms with E-state index < -0.39 is 0 Å². The Morgan fingerprint density at radius 1 is 0.250 bits per heavy atom. The molecular weight excluding hydrogens is 813 g/mol. The van der Waals surface area contributed by atoms with Crippen molar-refractivity contribution in [1.82, 2.24) is 9.13 Å². The first-order chi connectivity index (χ1) is 31.8. The van der Waals surface area contributed by atoms with Gasteiger partial charge in [-0.3, -0.25) is 0 Å². The SMILES string of the molecule is c1ccc(-n2c3ccccc3c3c4c(ccc32)=c2ccc3c(c2=c2cc5sc6ccccc6c5cc2=c2cc5c(cc2=4)sc2ccccc25)c2ccccc2n3-c2ccccc2)cc1. The maximum Gasteiger partial charge on any atom is 0.0547 e. The summed E-state index contributed by atoms with van der Waals surface area (Å²) in [6, 6.07) is 77.4. The molecule has 296 valence electrons. The van der Waals surface area contributed by atoms with E-state index in [0.717, 1.165) is 11.4 Å². The van der Waals surface area contributed by atoms with Gasteiger partial charge in [-0.25, -0.2) is 0 Å². The summed E-state index contributed by atoms with van der Waals surface area (Å²) in [4.78, 5) is 0. The number of hydrogen-bond acceptors (Lipinski definition) is 2. The molecule has 0 unspecified atom stereocenters. The largest absolute Gasteiger partial charge is 0.309 e. The van der Waals surface area contributed by atoms with Gasteiger partial charge >= 0.3 is 0 Å². The summed E-state index contributed by atoms with van der Waals surface area (Å²) in [5, 5.41) is 20.4. The highest BCUT2D eigenvalue weighted by atomic mass is 32.1. The van der Waals surface area contributed by atoms with Crippen molar-refractivity contribution in [3.05, 3.63) is 248 Å². The number of nitrogens with zero attached hydrogens (tertiary/aromatic N) is 2. The summed E-state index contributed by atoms with van der Waals surface area (Å²) in [5.74, 6) is 0. The van der Waals surface area contributed by atoms with Crippen molar-refractivity contribution in [3.8, 4) is 11.4 Å². The van der Waals surface area contributed by atoms with Crippen molar-refractivity contribution < 1.29 is 0 Å². The molecule has 2 nitrogen and oxygen atoms in total. The zero-order valence-electron chi connectivity index (χ0n) is 34.3. The van der Waals surface area contributed by atoms with E-state index in [0.29, 0.717) is 0 Å². The molecule has 0 bridgehead atoms. The highest BCUT2D eigenvalue weighted by Crippen LogP contribution is 2.41. The third kappa shape index (κ3) is 4.63. The summed E-state index contributed by atoms with van der Waals surface area (Å²) < 4.78 is 10.2. The second-order valence-corrected chi connectivity index (χ2v) is 19.3. The standard InChI is InChI=1S/C60H34N2S2/c1-3-15-35(16-4-1)61-49-23-11-7-21-41(49)59-51(61)29-27-39-40-28-30-52-60(42-22-8-12-24-50(42)62(52)36-17-5-2-6-18-36)58(40)48-34-56-46(38-20-10-14-26-54(38)64-56)32-44(48)43-31-45-37-19-9-13-25-53(37)63-55(45)33-47(43)57(39)59/h1-34H. The molecule has 4 heteroatoms. The highest BCUT2D eigenvalue weighted by Gasteiger charge is 2.19. The van der Waals surface area contributed by atoms with Gasteiger partial charge in [-0.05, 0) is 116 Å². The molecule has 15 rings (SSSR count). The van der Waals surface area contributed by atoms with Crippen molar-refractivity contribution in [3.63, 3.8) is 0 Å². The van der Waals surface area contributed by atoms with Crippen LogP contribution in [-0.2, 0) is 0 Å². The second-order valence-electron chi connectivity index (χ2n) is 17.1. The number of para-hydroxylation sites is 4. The first-order valence-electron chi connectivity index (χ1n) is 21.9. The highest BCUT2D eigenvalue weighted by molar-refractivity contribution is 7.26. The Morgan fingerprint density at radius 3 is 1.09 bits per heavy atom. The monoisotopic (exact) mass is 846 g/mol. The lowest BCUT2D eigenvalue weighted by Crippen LogP contribution is -1.95. The van der Waals surface area contributed by atoms with Crippen LogP contribution in [0.3, 0.4) is 0 Å². The van der Waals surface area contributed by atoms with Crippen LogP contribution in [0, 0.1) is 41.7 Å². The van der Waals surface area contributed by atoms with E-state index in [-0.39, 0.29) is 0 Å². The molecule has 0 saturated heterocycles. The minimum absolute atomic E-state index is 1.16. The fourth-order valence-electron chi connectivity index (χ4n) is 11.2. The molecule has 0 fully saturated rings. The summed E-state index contributed by atoms with van der Waals surface area (Å²) in [6.07, 6.45) is 0. The fourth-order valence-corrected chi connectivity index (χ4v) is 13.5. The van der Waals surface area contributed by atoms with Gasteiger partial charge in [-0.2, -0.15) is 0 Å². The van der Waals surface area contributed by atoms with E-state index in [2.05, 4.69) is 215 Å². The lowest BCUT2D eigenvalue weighted by Gasteiger charge is -2.10. The van der Waals surface area contributed by atoms with Crippen LogP contribution < -0.4 is 0 Å². The molecule has 0 amide bonds. The number of hydrogen-bond donors (Lipinski definition) is 0. The molecule has 64 heavy (non-hydrogen) atoms.